The van der Waals surface area contributed by atoms with Gasteiger partial charge in [0, 0.05) is 26.2 Å². The van der Waals surface area contributed by atoms with Crippen LogP contribution >= 0.6 is 0 Å². The predicted molar refractivity (Wildman–Crippen MR) is 163 cm³/mol. The smallest absolute Gasteiger partial charge is 0.359 e. The fourth-order valence-electron chi connectivity index (χ4n) is 5.24. The molecule has 0 saturated carbocycles. The first kappa shape index (κ1) is 41.9. The molecule has 0 aromatic carbocycles. The third-order valence-electron chi connectivity index (χ3n) is 8.07. The van der Waals surface area contributed by atoms with Gasteiger partial charge in [-0.2, -0.15) is 0 Å². The van der Waals surface area contributed by atoms with E-state index in [2.05, 4.69) is 20.0 Å². The number of likely N-dealkylation sites (tertiary alicyclic amines) is 2. The van der Waals surface area contributed by atoms with Crippen LogP contribution in [0, 0.1) is 0 Å². The molecule has 0 aromatic rings. The molecule has 2 heterocycles. The fraction of sp³-hybridized carbons (Fsp3) is 0.692. The number of oxime groups is 2. The highest BCUT2D eigenvalue weighted by Gasteiger charge is 2.50. The number of nitrogens with zero attached hydrogens (tertiary/aromatic N) is 6. The molecule has 0 radical (unpaired) electrons. The van der Waals surface area contributed by atoms with Crippen molar-refractivity contribution in [2.45, 2.75) is 60.8 Å². The van der Waals surface area contributed by atoms with Gasteiger partial charge in [0.1, 0.15) is 36.6 Å². The lowest BCUT2D eigenvalue weighted by Gasteiger charge is -2.48. The Labute approximate surface area is 283 Å². The normalized spacial score (nSPS) is 30.6. The first-order valence-electron chi connectivity index (χ1n) is 14.8. The number of hydrogen-bond acceptors (Lipinski definition) is 18. The van der Waals surface area contributed by atoms with E-state index in [0.29, 0.717) is 12.2 Å². The summed E-state index contributed by atoms with van der Waals surface area (Å²) in [6.07, 6.45) is -9.35. The Morgan fingerprint density at radius 2 is 0.840 bits per heavy atom. The molecule has 284 valence electrons. The fourth-order valence-corrected chi connectivity index (χ4v) is 5.24. The van der Waals surface area contributed by atoms with Crippen LogP contribution in [0.5, 0.6) is 0 Å². The van der Waals surface area contributed by atoms with E-state index in [4.69, 9.17) is 11.5 Å². The van der Waals surface area contributed by atoms with Gasteiger partial charge in [0.25, 0.3) is 0 Å². The van der Waals surface area contributed by atoms with Gasteiger partial charge in [-0.3, -0.25) is 9.59 Å². The lowest BCUT2D eigenvalue weighted by atomic mass is 9.88. The number of piperidine rings is 2. The highest BCUT2D eigenvalue weighted by atomic mass is 16.7. The van der Waals surface area contributed by atoms with E-state index in [9.17, 15) is 70.2 Å². The number of amides is 2. The Balaban J connectivity index is 1.93. The van der Waals surface area contributed by atoms with Crippen molar-refractivity contribution in [1.29, 1.82) is 0 Å². The average molecular weight is 725 g/mol. The third-order valence-corrected chi connectivity index (χ3v) is 8.07. The summed E-state index contributed by atoms with van der Waals surface area (Å²) in [5.74, 6) is -5.34. The minimum Gasteiger partial charge on any atom is -0.394 e. The zero-order chi connectivity index (χ0) is 38.0. The molecule has 14 N–H and O–H groups in total. The van der Waals surface area contributed by atoms with Gasteiger partial charge in [-0.25, -0.2) is 9.59 Å². The maximum Gasteiger partial charge on any atom is 0.359 e. The van der Waals surface area contributed by atoms with E-state index < -0.39 is 136 Å². The minimum atomic E-state index is -1.75. The predicted octanol–water partition coefficient (Wildman–Crippen LogP) is -9.75. The zero-order valence-electron chi connectivity index (χ0n) is 26.9. The summed E-state index contributed by atoms with van der Waals surface area (Å²) in [6.45, 7) is -4.51. The van der Waals surface area contributed by atoms with Crippen LogP contribution in [0.2, 0.25) is 0 Å². The molecule has 2 unspecified atom stereocenters. The largest absolute Gasteiger partial charge is 0.394 e. The number of aliphatic hydroxyl groups excluding tert-OH is 10. The van der Waals surface area contributed by atoms with Gasteiger partial charge >= 0.3 is 11.9 Å². The van der Waals surface area contributed by atoms with E-state index >= 15 is 0 Å². The van der Waals surface area contributed by atoms with Crippen molar-refractivity contribution in [3.05, 3.63) is 12.2 Å². The number of likely N-dealkylation sites (N-methyl/N-ethyl adjacent to an activating group) is 2. The number of carbonyl (C=O) groups is 4. The molecule has 0 spiro atoms. The van der Waals surface area contributed by atoms with Gasteiger partial charge in [-0.1, -0.05) is 0 Å². The molecule has 2 aliphatic heterocycles. The molecule has 24 nitrogen and oxygen atoms in total. The molecule has 2 rings (SSSR count). The standard InChI is InChI=1S/C26H44N8O16/c1-31(5-15(39)33-11(7-35)19(43)23(47)20(44)12(33)8-36)25(27)29-49-17(41)3-4-18(42)50-30-26(28)32(2)6-16(40)34-13(9-37)21(45)24(48)22(46)14(34)10-38/h3-4,11-14,19-24,35-38,43-48H,5-10H2,1-2H3,(H2,27,29)(H2,28,30)/b4-3+/t11-,12-,13-,14-,19-,20+,21-,22+,23?,24?/m1/s1. The molecule has 2 aliphatic rings. The number of nitrogens with two attached hydrogens (primary N) is 2. The second-order valence-electron chi connectivity index (χ2n) is 11.3. The monoisotopic (exact) mass is 724 g/mol. The second-order valence-corrected chi connectivity index (χ2v) is 11.3. The highest BCUT2D eigenvalue weighted by molar-refractivity contribution is 5.93. The van der Waals surface area contributed by atoms with Crippen LogP contribution in [0.25, 0.3) is 0 Å². The Hall–Kier alpha value is -4.24. The molecule has 2 saturated heterocycles. The van der Waals surface area contributed by atoms with Crippen molar-refractivity contribution in [3.8, 4) is 0 Å². The van der Waals surface area contributed by atoms with E-state index in [-0.39, 0.29) is 0 Å². The Morgan fingerprint density at radius 1 is 0.580 bits per heavy atom. The van der Waals surface area contributed by atoms with E-state index in [1.165, 1.54) is 14.1 Å². The van der Waals surface area contributed by atoms with Crippen LogP contribution in [-0.2, 0) is 28.9 Å². The lowest BCUT2D eigenvalue weighted by Crippen LogP contribution is -2.70. The van der Waals surface area contributed by atoms with Crippen LogP contribution in [0.15, 0.2) is 22.5 Å². The van der Waals surface area contributed by atoms with Gasteiger partial charge in [-0.15, -0.1) is 0 Å². The molecule has 0 bridgehead atoms. The van der Waals surface area contributed by atoms with Crippen molar-refractivity contribution in [2.24, 2.45) is 21.8 Å². The summed E-state index contributed by atoms with van der Waals surface area (Å²) in [5, 5.41) is 106. The molecule has 24 heteroatoms. The molecular weight excluding hydrogens is 680 g/mol. The van der Waals surface area contributed by atoms with Crippen molar-refractivity contribution >= 4 is 35.7 Å². The quantitative estimate of drug-likeness (QED) is 0.0292. The number of aliphatic hydroxyl groups is 10. The topological polar surface area (TPSA) is 379 Å². The minimum absolute atomic E-state index is 0.544. The summed E-state index contributed by atoms with van der Waals surface area (Å²) in [4.78, 5) is 62.4. The summed E-state index contributed by atoms with van der Waals surface area (Å²) < 4.78 is 0. The first-order chi connectivity index (χ1) is 23.5. The van der Waals surface area contributed by atoms with Crippen molar-refractivity contribution in [3.63, 3.8) is 0 Å². The lowest BCUT2D eigenvalue weighted by molar-refractivity contribution is -0.188. The van der Waals surface area contributed by atoms with Crippen LogP contribution in [-0.4, -0.2) is 221 Å². The van der Waals surface area contributed by atoms with Crippen LogP contribution in [0.4, 0.5) is 0 Å². The van der Waals surface area contributed by atoms with E-state index in [1.807, 2.05) is 0 Å². The van der Waals surface area contributed by atoms with Crippen LogP contribution in [0.1, 0.15) is 0 Å². The van der Waals surface area contributed by atoms with E-state index in [0.717, 1.165) is 19.6 Å². The SMILES string of the molecule is CN(CC(=O)N1[C@H](CO)[C@H](O)C(O)[C@H](O)[C@H]1CO)C(N)=NOC(=O)/C=C/C(=O)ON=C(N)N(C)CC(=O)N1[C@H](CO)[C@H](O)C(O)[C@H](O)[C@H]1CO. The number of carbonyl (C=O) groups excluding carboxylic acids is 4. The summed E-state index contributed by atoms with van der Waals surface area (Å²) in [5.41, 5.74) is 11.4. The molecule has 10 atom stereocenters. The molecule has 2 amide bonds. The Kier molecular flexibility index (Phi) is 15.7. The maximum absolute atomic E-state index is 12.9. The van der Waals surface area contributed by atoms with Crippen LogP contribution < -0.4 is 11.5 Å². The number of rotatable bonds is 12. The van der Waals surface area contributed by atoms with Gasteiger partial charge < -0.3 is 91.8 Å². The van der Waals surface area contributed by atoms with Crippen molar-refractivity contribution in [2.75, 3.05) is 53.6 Å². The summed E-state index contributed by atoms with van der Waals surface area (Å²) in [6, 6.07) is -5.52. The average Bonchev–Trinajstić information content (AvgIpc) is 3.09. The highest BCUT2D eigenvalue weighted by Crippen LogP contribution is 2.26. The molecule has 2 fully saturated rings. The Morgan fingerprint density at radius 3 is 1.08 bits per heavy atom. The molecule has 50 heavy (non-hydrogen) atoms. The van der Waals surface area contributed by atoms with Crippen molar-refractivity contribution in [1.82, 2.24) is 19.6 Å². The van der Waals surface area contributed by atoms with E-state index in [1.54, 1.807) is 0 Å². The second kappa shape index (κ2) is 18.7. The number of guanidine groups is 2. The summed E-state index contributed by atoms with van der Waals surface area (Å²) in [7, 11) is 2.47. The first-order valence-corrected chi connectivity index (χ1v) is 14.8. The van der Waals surface area contributed by atoms with Crippen molar-refractivity contribution < 1.29 is 79.9 Å². The molecule has 0 aromatic heterocycles. The molecule has 0 aliphatic carbocycles. The van der Waals surface area contributed by atoms with Gasteiger partial charge in [0.15, 0.2) is 0 Å². The maximum atomic E-state index is 12.9. The summed E-state index contributed by atoms with van der Waals surface area (Å²) >= 11 is 0. The zero-order valence-corrected chi connectivity index (χ0v) is 26.9. The number of hydrogen-bond donors (Lipinski definition) is 12. The molecular formula is C26H44N8O16. The van der Waals surface area contributed by atoms with Gasteiger partial charge in [0.2, 0.25) is 23.7 Å². The third kappa shape index (κ3) is 9.71. The van der Waals surface area contributed by atoms with Gasteiger partial charge in [-0.05, 0) is 10.3 Å². The van der Waals surface area contributed by atoms with Gasteiger partial charge in [0.05, 0.1) is 63.7 Å². The Bertz CT molecular complexity index is 1160. The van der Waals surface area contributed by atoms with Crippen LogP contribution in [0.3, 0.4) is 0 Å².